The Labute approximate surface area is 204 Å². The van der Waals surface area contributed by atoms with Crippen molar-refractivity contribution in [1.29, 1.82) is 0 Å². The zero-order chi connectivity index (χ0) is 23.9. The average molecular weight is 479 g/mol. The molecule has 1 aliphatic rings. The van der Waals surface area contributed by atoms with Gasteiger partial charge in [0.2, 0.25) is 11.8 Å². The van der Waals surface area contributed by atoms with Gasteiger partial charge in [0.25, 0.3) is 0 Å². The summed E-state index contributed by atoms with van der Waals surface area (Å²) in [6.07, 6.45) is 5.45. The van der Waals surface area contributed by atoms with Gasteiger partial charge in [0.15, 0.2) is 0 Å². The van der Waals surface area contributed by atoms with Crippen molar-refractivity contribution in [3.05, 3.63) is 76.5 Å². The van der Waals surface area contributed by atoms with Crippen molar-refractivity contribution in [2.45, 2.75) is 50.6 Å². The van der Waals surface area contributed by atoms with Gasteiger partial charge in [-0.25, -0.2) is 0 Å². The van der Waals surface area contributed by atoms with Crippen molar-refractivity contribution < 1.29 is 19.4 Å². The number of thiophene rings is 1. The fourth-order valence-corrected chi connectivity index (χ4v) is 5.12. The van der Waals surface area contributed by atoms with Gasteiger partial charge in [0.1, 0.15) is 17.5 Å². The third kappa shape index (κ3) is 5.78. The SMILES string of the molecule is COc1ccc(N(C(=O)Cc2cccs2)[C@@H](C(=O)NC2CCCCC2)c2ccc(O)cc2)cc1. The zero-order valence-corrected chi connectivity index (χ0v) is 20.1. The number of carbonyl (C=O) groups excluding carboxylic acids is 2. The normalized spacial score (nSPS) is 14.9. The molecule has 0 bridgehead atoms. The van der Waals surface area contributed by atoms with Crippen molar-refractivity contribution in [2.75, 3.05) is 12.0 Å². The maximum Gasteiger partial charge on any atom is 0.248 e. The second-order valence-electron chi connectivity index (χ2n) is 8.56. The number of phenolic OH excluding ortho intramolecular Hbond substituents is 1. The summed E-state index contributed by atoms with van der Waals surface area (Å²) in [5.41, 5.74) is 1.25. The molecule has 1 atom stereocenters. The van der Waals surface area contributed by atoms with E-state index in [0.29, 0.717) is 17.0 Å². The lowest BCUT2D eigenvalue weighted by molar-refractivity contribution is -0.127. The van der Waals surface area contributed by atoms with Crippen molar-refractivity contribution in [3.8, 4) is 11.5 Å². The first-order valence-electron chi connectivity index (χ1n) is 11.6. The van der Waals surface area contributed by atoms with Gasteiger partial charge in [0, 0.05) is 16.6 Å². The summed E-state index contributed by atoms with van der Waals surface area (Å²) in [7, 11) is 1.59. The predicted octanol–water partition coefficient (Wildman–Crippen LogP) is 5.23. The topological polar surface area (TPSA) is 78.9 Å². The Morgan fingerprint density at radius 2 is 1.76 bits per heavy atom. The standard InChI is InChI=1S/C27H30N2O4S/c1-33-23-15-11-21(12-16-23)29(25(31)18-24-8-5-17-34-24)26(19-9-13-22(30)14-10-19)27(32)28-20-6-3-2-4-7-20/h5,8-17,20,26,30H,2-4,6-7,18H2,1H3,(H,28,32)/t26-/m1/s1. The molecule has 2 N–H and O–H groups in total. The third-order valence-electron chi connectivity index (χ3n) is 6.19. The van der Waals surface area contributed by atoms with Gasteiger partial charge < -0.3 is 15.2 Å². The lowest BCUT2D eigenvalue weighted by Gasteiger charge is -2.33. The molecule has 4 rings (SSSR count). The van der Waals surface area contributed by atoms with Crippen LogP contribution in [-0.4, -0.2) is 30.1 Å². The van der Waals surface area contributed by atoms with Crippen LogP contribution >= 0.6 is 11.3 Å². The van der Waals surface area contributed by atoms with E-state index in [2.05, 4.69) is 5.32 Å². The maximum absolute atomic E-state index is 13.8. The molecule has 0 unspecified atom stereocenters. The molecule has 0 radical (unpaired) electrons. The van der Waals surface area contributed by atoms with E-state index in [4.69, 9.17) is 4.74 Å². The van der Waals surface area contributed by atoms with Gasteiger partial charge in [-0.3, -0.25) is 14.5 Å². The summed E-state index contributed by atoms with van der Waals surface area (Å²) >= 11 is 1.52. The highest BCUT2D eigenvalue weighted by Crippen LogP contribution is 2.32. The van der Waals surface area contributed by atoms with Crippen LogP contribution in [0.1, 0.15) is 48.6 Å². The number of benzene rings is 2. The van der Waals surface area contributed by atoms with E-state index in [0.717, 1.165) is 30.6 Å². The monoisotopic (exact) mass is 478 g/mol. The first kappa shape index (κ1) is 23.8. The van der Waals surface area contributed by atoms with E-state index in [1.165, 1.54) is 17.8 Å². The Hall–Kier alpha value is -3.32. The molecule has 1 heterocycles. The number of hydrogen-bond donors (Lipinski definition) is 2. The van der Waals surface area contributed by atoms with E-state index in [1.807, 2.05) is 17.5 Å². The number of aromatic hydroxyl groups is 1. The van der Waals surface area contributed by atoms with Gasteiger partial charge in [0.05, 0.1) is 13.5 Å². The largest absolute Gasteiger partial charge is 0.508 e. The van der Waals surface area contributed by atoms with E-state index >= 15 is 0 Å². The Morgan fingerprint density at radius 1 is 1.06 bits per heavy atom. The number of carbonyl (C=O) groups is 2. The smallest absolute Gasteiger partial charge is 0.248 e. The van der Waals surface area contributed by atoms with Crippen LogP contribution in [0.5, 0.6) is 11.5 Å². The molecule has 2 aromatic carbocycles. The molecular weight excluding hydrogens is 448 g/mol. The quantitative estimate of drug-likeness (QED) is 0.465. The number of ether oxygens (including phenoxy) is 1. The van der Waals surface area contributed by atoms with Crippen LogP contribution < -0.4 is 15.0 Å². The number of rotatable bonds is 8. The molecule has 0 aliphatic heterocycles. The predicted molar refractivity (Wildman–Crippen MR) is 134 cm³/mol. The van der Waals surface area contributed by atoms with E-state index < -0.39 is 6.04 Å². The summed E-state index contributed by atoms with van der Waals surface area (Å²) in [6.45, 7) is 0. The number of hydrogen-bond acceptors (Lipinski definition) is 5. The van der Waals surface area contributed by atoms with Crippen LogP contribution in [0, 0.1) is 0 Å². The second-order valence-corrected chi connectivity index (χ2v) is 9.59. The molecule has 1 aliphatic carbocycles. The molecule has 0 spiro atoms. The van der Waals surface area contributed by atoms with Crippen LogP contribution in [0.4, 0.5) is 5.69 Å². The number of nitrogens with zero attached hydrogens (tertiary/aromatic N) is 1. The molecule has 3 aromatic rings. The number of amides is 2. The summed E-state index contributed by atoms with van der Waals surface area (Å²) in [6, 6.07) is 16.7. The molecule has 1 saturated carbocycles. The number of phenols is 1. The summed E-state index contributed by atoms with van der Waals surface area (Å²) in [5, 5.41) is 15.0. The van der Waals surface area contributed by atoms with Crippen LogP contribution in [-0.2, 0) is 16.0 Å². The minimum atomic E-state index is -0.872. The molecular formula is C27H30N2O4S. The molecule has 34 heavy (non-hydrogen) atoms. The minimum absolute atomic E-state index is 0.103. The van der Waals surface area contributed by atoms with E-state index in [9.17, 15) is 14.7 Å². The number of anilines is 1. The Morgan fingerprint density at radius 3 is 2.38 bits per heavy atom. The van der Waals surface area contributed by atoms with Crippen LogP contribution in [0.15, 0.2) is 66.0 Å². The molecule has 1 fully saturated rings. The fourth-order valence-electron chi connectivity index (χ4n) is 4.43. The summed E-state index contributed by atoms with van der Waals surface area (Å²) < 4.78 is 5.29. The summed E-state index contributed by atoms with van der Waals surface area (Å²) in [4.78, 5) is 30.0. The van der Waals surface area contributed by atoms with Crippen LogP contribution in [0.3, 0.4) is 0 Å². The molecule has 0 saturated heterocycles. The molecule has 2 amide bonds. The van der Waals surface area contributed by atoms with Crippen molar-refractivity contribution in [3.63, 3.8) is 0 Å². The molecule has 6 nitrogen and oxygen atoms in total. The van der Waals surface area contributed by atoms with Crippen LogP contribution in [0.25, 0.3) is 0 Å². The van der Waals surface area contributed by atoms with E-state index in [1.54, 1.807) is 60.5 Å². The van der Waals surface area contributed by atoms with E-state index in [-0.39, 0.29) is 30.0 Å². The maximum atomic E-state index is 13.8. The Bertz CT molecular complexity index is 1070. The minimum Gasteiger partial charge on any atom is -0.508 e. The lowest BCUT2D eigenvalue weighted by atomic mass is 9.94. The van der Waals surface area contributed by atoms with Crippen molar-refractivity contribution >= 4 is 28.8 Å². The number of methoxy groups -OCH3 is 1. The molecule has 7 heteroatoms. The lowest BCUT2D eigenvalue weighted by Crippen LogP contribution is -2.47. The number of nitrogens with one attached hydrogen (secondary N) is 1. The Balaban J connectivity index is 1.73. The van der Waals surface area contributed by atoms with Gasteiger partial charge in [-0.2, -0.15) is 0 Å². The highest BCUT2D eigenvalue weighted by atomic mass is 32.1. The highest BCUT2D eigenvalue weighted by molar-refractivity contribution is 7.10. The van der Waals surface area contributed by atoms with Gasteiger partial charge in [-0.05, 0) is 66.2 Å². The first-order chi connectivity index (χ1) is 16.5. The van der Waals surface area contributed by atoms with Gasteiger partial charge >= 0.3 is 0 Å². The second kappa shape index (κ2) is 11.2. The molecule has 178 valence electrons. The highest BCUT2D eigenvalue weighted by Gasteiger charge is 2.34. The summed E-state index contributed by atoms with van der Waals surface area (Å²) in [5.74, 6) is 0.385. The first-order valence-corrected chi connectivity index (χ1v) is 12.5. The Kier molecular flexibility index (Phi) is 7.85. The zero-order valence-electron chi connectivity index (χ0n) is 19.3. The third-order valence-corrected chi connectivity index (χ3v) is 7.07. The molecule has 1 aromatic heterocycles. The van der Waals surface area contributed by atoms with Crippen LogP contribution in [0.2, 0.25) is 0 Å². The van der Waals surface area contributed by atoms with Gasteiger partial charge in [-0.1, -0.05) is 37.5 Å². The fraction of sp³-hybridized carbons (Fsp3) is 0.333. The van der Waals surface area contributed by atoms with Crippen molar-refractivity contribution in [1.82, 2.24) is 5.32 Å². The average Bonchev–Trinajstić information content (AvgIpc) is 3.37. The van der Waals surface area contributed by atoms with Gasteiger partial charge in [-0.15, -0.1) is 11.3 Å². The van der Waals surface area contributed by atoms with Crippen molar-refractivity contribution in [2.24, 2.45) is 0 Å².